The molecule has 0 aromatic rings. The summed E-state index contributed by atoms with van der Waals surface area (Å²) < 4.78 is 4.78. The third kappa shape index (κ3) is 2.84. The van der Waals surface area contributed by atoms with E-state index < -0.39 is 11.6 Å². The lowest BCUT2D eigenvalue weighted by Crippen LogP contribution is -2.43. The van der Waals surface area contributed by atoms with Crippen LogP contribution in [0.5, 0.6) is 0 Å². The molecule has 0 aliphatic heterocycles. The van der Waals surface area contributed by atoms with Crippen molar-refractivity contribution < 1.29 is 14.6 Å². The van der Waals surface area contributed by atoms with Gasteiger partial charge in [0.2, 0.25) is 0 Å². The summed E-state index contributed by atoms with van der Waals surface area (Å²) >= 11 is 0. The maximum absolute atomic E-state index is 11.4. The van der Waals surface area contributed by atoms with Crippen LogP contribution in [0.25, 0.3) is 0 Å². The van der Waals surface area contributed by atoms with Crippen molar-refractivity contribution in [2.45, 2.75) is 33.3 Å². The van der Waals surface area contributed by atoms with Gasteiger partial charge in [0.1, 0.15) is 0 Å². The van der Waals surface area contributed by atoms with Gasteiger partial charge in [0.15, 0.2) is 5.60 Å². The van der Waals surface area contributed by atoms with Crippen molar-refractivity contribution in [2.24, 2.45) is 5.92 Å². The van der Waals surface area contributed by atoms with Crippen molar-refractivity contribution in [1.82, 2.24) is 0 Å². The van der Waals surface area contributed by atoms with E-state index >= 15 is 0 Å². The first-order valence-corrected chi connectivity index (χ1v) is 4.52. The van der Waals surface area contributed by atoms with Crippen LogP contribution in [-0.2, 0) is 9.53 Å². The molecule has 3 heteroatoms. The van der Waals surface area contributed by atoms with Crippen LogP contribution in [0.1, 0.15) is 27.7 Å². The van der Waals surface area contributed by atoms with Crippen LogP contribution in [0.15, 0.2) is 12.2 Å². The van der Waals surface area contributed by atoms with E-state index in [0.29, 0.717) is 0 Å². The summed E-state index contributed by atoms with van der Waals surface area (Å²) in [7, 11) is 0. The summed E-state index contributed by atoms with van der Waals surface area (Å²) in [5, 5.41) is 9.93. The summed E-state index contributed by atoms with van der Waals surface area (Å²) in [5.74, 6) is -0.772. The van der Waals surface area contributed by atoms with Crippen LogP contribution in [0.2, 0.25) is 0 Å². The zero-order valence-electron chi connectivity index (χ0n) is 8.70. The molecule has 13 heavy (non-hydrogen) atoms. The van der Waals surface area contributed by atoms with Gasteiger partial charge >= 0.3 is 5.97 Å². The Bertz CT molecular complexity index is 196. The fourth-order valence-electron chi connectivity index (χ4n) is 0.997. The minimum Gasteiger partial charge on any atom is -0.464 e. The maximum Gasteiger partial charge on any atom is 0.342 e. The van der Waals surface area contributed by atoms with Crippen molar-refractivity contribution in [2.75, 3.05) is 6.61 Å². The van der Waals surface area contributed by atoms with E-state index in [1.165, 1.54) is 6.08 Å². The minimum absolute atomic E-state index is 0.192. The van der Waals surface area contributed by atoms with Crippen molar-refractivity contribution >= 4 is 5.97 Å². The Hall–Kier alpha value is -0.830. The van der Waals surface area contributed by atoms with Crippen molar-refractivity contribution in [3.63, 3.8) is 0 Å². The number of ether oxygens (including phenoxy) is 1. The predicted octanol–water partition coefficient (Wildman–Crippen LogP) is 1.51. The predicted molar refractivity (Wildman–Crippen MR) is 51.2 cm³/mol. The lowest BCUT2D eigenvalue weighted by Gasteiger charge is -2.26. The summed E-state index contributed by atoms with van der Waals surface area (Å²) in [4.78, 5) is 11.4. The molecular formula is C10H18O3. The lowest BCUT2D eigenvalue weighted by atomic mass is 9.90. The molecule has 0 saturated heterocycles. The van der Waals surface area contributed by atoms with Crippen LogP contribution in [0, 0.1) is 5.92 Å². The Labute approximate surface area is 79.4 Å². The number of esters is 1. The van der Waals surface area contributed by atoms with Gasteiger partial charge < -0.3 is 9.84 Å². The third-order valence-electron chi connectivity index (χ3n) is 1.90. The van der Waals surface area contributed by atoms with Crippen LogP contribution in [-0.4, -0.2) is 23.3 Å². The Morgan fingerprint density at radius 1 is 1.62 bits per heavy atom. The highest BCUT2D eigenvalue weighted by Gasteiger charge is 2.37. The molecule has 3 nitrogen and oxygen atoms in total. The van der Waals surface area contributed by atoms with Gasteiger partial charge in [0.05, 0.1) is 6.61 Å². The number of aliphatic hydroxyl groups is 1. The number of carbonyl (C=O) groups is 1. The maximum atomic E-state index is 11.4. The molecule has 1 N–H and O–H groups in total. The Morgan fingerprint density at radius 2 is 2.15 bits per heavy atom. The van der Waals surface area contributed by atoms with Gasteiger partial charge in [-0.15, -0.1) is 0 Å². The lowest BCUT2D eigenvalue weighted by molar-refractivity contribution is -0.163. The minimum atomic E-state index is -1.48. The van der Waals surface area contributed by atoms with E-state index in [1.54, 1.807) is 33.8 Å². The van der Waals surface area contributed by atoms with Crippen LogP contribution < -0.4 is 0 Å². The van der Waals surface area contributed by atoms with E-state index in [4.69, 9.17) is 4.74 Å². The SMILES string of the molecule is C/C=C/C(O)(C(=O)OCC)C(C)C. The second-order valence-electron chi connectivity index (χ2n) is 3.20. The van der Waals surface area contributed by atoms with Crippen molar-refractivity contribution in [3.05, 3.63) is 12.2 Å². The standard InChI is InChI=1S/C10H18O3/c1-5-7-10(12,8(3)4)9(11)13-6-2/h5,7-8,12H,6H2,1-4H3/b7-5+. The summed E-state index contributed by atoms with van der Waals surface area (Å²) in [6.07, 6.45) is 3.12. The molecular weight excluding hydrogens is 168 g/mol. The summed E-state index contributed by atoms with van der Waals surface area (Å²) in [6, 6.07) is 0. The van der Waals surface area contributed by atoms with E-state index in [-0.39, 0.29) is 12.5 Å². The summed E-state index contributed by atoms with van der Waals surface area (Å²) in [5.41, 5.74) is -1.48. The molecule has 0 spiro atoms. The highest BCUT2D eigenvalue weighted by Crippen LogP contribution is 2.20. The van der Waals surface area contributed by atoms with Crippen LogP contribution in [0.3, 0.4) is 0 Å². The molecule has 1 unspecified atom stereocenters. The molecule has 0 amide bonds. The Kier molecular flexibility index (Phi) is 4.70. The normalized spacial score (nSPS) is 16.2. The largest absolute Gasteiger partial charge is 0.464 e. The molecule has 76 valence electrons. The van der Waals surface area contributed by atoms with Gasteiger partial charge in [-0.1, -0.05) is 19.9 Å². The zero-order valence-corrected chi connectivity index (χ0v) is 8.70. The van der Waals surface area contributed by atoms with Crippen LogP contribution in [0.4, 0.5) is 0 Å². The molecule has 0 aromatic heterocycles. The van der Waals surface area contributed by atoms with Crippen molar-refractivity contribution in [1.29, 1.82) is 0 Å². The topological polar surface area (TPSA) is 46.5 Å². The van der Waals surface area contributed by atoms with Gasteiger partial charge in [0.25, 0.3) is 0 Å². The summed E-state index contributed by atoms with van der Waals surface area (Å²) in [6.45, 7) is 7.31. The Morgan fingerprint density at radius 3 is 2.46 bits per heavy atom. The highest BCUT2D eigenvalue weighted by atomic mass is 16.5. The third-order valence-corrected chi connectivity index (χ3v) is 1.90. The second kappa shape index (κ2) is 5.02. The molecule has 0 heterocycles. The fraction of sp³-hybridized carbons (Fsp3) is 0.700. The number of carbonyl (C=O) groups excluding carboxylic acids is 1. The average Bonchev–Trinajstić information content (AvgIpc) is 2.04. The van der Waals surface area contributed by atoms with Gasteiger partial charge in [-0.25, -0.2) is 4.79 Å². The number of allylic oxidation sites excluding steroid dienone is 1. The van der Waals surface area contributed by atoms with E-state index in [1.807, 2.05) is 0 Å². The molecule has 0 aliphatic rings. The molecule has 0 radical (unpaired) electrons. The number of rotatable bonds is 4. The Balaban J connectivity index is 4.68. The van der Waals surface area contributed by atoms with Crippen LogP contribution >= 0.6 is 0 Å². The van der Waals surface area contributed by atoms with Crippen molar-refractivity contribution in [3.8, 4) is 0 Å². The first kappa shape index (κ1) is 12.2. The molecule has 0 bridgehead atoms. The highest BCUT2D eigenvalue weighted by molar-refractivity contribution is 5.82. The molecule has 1 atom stereocenters. The van der Waals surface area contributed by atoms with Gasteiger partial charge in [-0.3, -0.25) is 0 Å². The van der Waals surface area contributed by atoms with Gasteiger partial charge in [-0.2, -0.15) is 0 Å². The van der Waals surface area contributed by atoms with E-state index in [9.17, 15) is 9.90 Å². The van der Waals surface area contributed by atoms with E-state index in [2.05, 4.69) is 0 Å². The monoisotopic (exact) mass is 186 g/mol. The quantitative estimate of drug-likeness (QED) is 0.534. The van der Waals surface area contributed by atoms with E-state index in [0.717, 1.165) is 0 Å². The molecule has 0 saturated carbocycles. The average molecular weight is 186 g/mol. The smallest absolute Gasteiger partial charge is 0.342 e. The first-order chi connectivity index (χ1) is 5.99. The number of hydrogen-bond donors (Lipinski definition) is 1. The molecule has 0 aromatic carbocycles. The molecule has 0 aliphatic carbocycles. The van der Waals surface area contributed by atoms with Gasteiger partial charge in [0, 0.05) is 0 Å². The fourth-order valence-corrected chi connectivity index (χ4v) is 0.997. The molecule has 0 fully saturated rings. The number of hydrogen-bond acceptors (Lipinski definition) is 3. The van der Waals surface area contributed by atoms with Gasteiger partial charge in [-0.05, 0) is 25.8 Å². The zero-order chi connectivity index (χ0) is 10.5. The molecule has 0 rings (SSSR count). The second-order valence-corrected chi connectivity index (χ2v) is 3.20. The first-order valence-electron chi connectivity index (χ1n) is 4.52.